The molecule has 8 heteroatoms. The summed E-state index contributed by atoms with van der Waals surface area (Å²) in [5.41, 5.74) is 10.5. The molecule has 4 N–H and O–H groups in total. The van der Waals surface area contributed by atoms with Gasteiger partial charge in [0.25, 0.3) is 5.91 Å². The highest BCUT2D eigenvalue weighted by atomic mass is 79.9. The normalized spacial score (nSPS) is 21.0. The van der Waals surface area contributed by atoms with Gasteiger partial charge in [-0.2, -0.15) is 0 Å². The maximum Gasteiger partial charge on any atom is 0.252 e. The van der Waals surface area contributed by atoms with Crippen LogP contribution in [-0.2, 0) is 11.3 Å². The second-order valence-electron chi connectivity index (χ2n) is 11.0. The van der Waals surface area contributed by atoms with Gasteiger partial charge in [0.1, 0.15) is 5.82 Å². The quantitative estimate of drug-likeness (QED) is 0.273. The average molecular weight is 603 g/mol. The fourth-order valence-electron chi connectivity index (χ4n) is 5.20. The van der Waals surface area contributed by atoms with Gasteiger partial charge in [0.15, 0.2) is 0 Å². The minimum absolute atomic E-state index is 0.143. The van der Waals surface area contributed by atoms with Crippen molar-refractivity contribution in [2.45, 2.75) is 65.6 Å². The molecule has 0 bridgehead atoms. The van der Waals surface area contributed by atoms with Gasteiger partial charge in [0.2, 0.25) is 0 Å². The van der Waals surface area contributed by atoms with E-state index in [9.17, 15) is 9.18 Å². The molecule has 1 atom stereocenters. The average Bonchev–Trinajstić information content (AvgIpc) is 3.17. The molecule has 0 radical (unpaired) electrons. The van der Waals surface area contributed by atoms with Crippen molar-refractivity contribution in [3.05, 3.63) is 80.8 Å². The van der Waals surface area contributed by atoms with Gasteiger partial charge in [-0.05, 0) is 78.3 Å². The Bertz CT molecular complexity index is 1100. The van der Waals surface area contributed by atoms with Gasteiger partial charge in [-0.1, -0.05) is 50.9 Å². The number of carbonyl (C=O) groups excluding carboxylic acids is 1. The number of likely N-dealkylation sites (tertiary alicyclic amines) is 1. The Hall–Kier alpha value is -2.26. The van der Waals surface area contributed by atoms with Crippen LogP contribution in [0.3, 0.4) is 0 Å². The van der Waals surface area contributed by atoms with Gasteiger partial charge in [0.05, 0.1) is 5.57 Å². The molecule has 2 aliphatic rings. The highest BCUT2D eigenvalue weighted by Gasteiger charge is 2.27. The fraction of sp³-hybridized carbons (Fsp3) is 0.516. The summed E-state index contributed by atoms with van der Waals surface area (Å²) in [6.45, 7) is 14.2. The van der Waals surface area contributed by atoms with Crippen LogP contribution in [0.2, 0.25) is 0 Å². The Balaban J connectivity index is 1.48. The molecule has 1 aromatic rings. The van der Waals surface area contributed by atoms with E-state index in [2.05, 4.69) is 43.3 Å². The van der Waals surface area contributed by atoms with E-state index in [1.54, 1.807) is 6.07 Å². The summed E-state index contributed by atoms with van der Waals surface area (Å²) in [6.07, 6.45) is 10.5. The van der Waals surface area contributed by atoms with Crippen LogP contribution in [0.4, 0.5) is 4.39 Å². The molecule has 3 rings (SSSR count). The molecule has 1 aromatic carbocycles. The molecule has 2 aliphatic heterocycles. The number of rotatable bonds is 9. The summed E-state index contributed by atoms with van der Waals surface area (Å²) in [7, 11) is 0. The van der Waals surface area contributed by atoms with Crippen LogP contribution in [-0.4, -0.2) is 67.1 Å². The van der Waals surface area contributed by atoms with Gasteiger partial charge < -0.3 is 16.4 Å². The zero-order valence-electron chi connectivity index (χ0n) is 23.9. The van der Waals surface area contributed by atoms with Crippen LogP contribution in [0.25, 0.3) is 0 Å². The number of amides is 1. The molecule has 39 heavy (non-hydrogen) atoms. The molecule has 214 valence electrons. The van der Waals surface area contributed by atoms with E-state index >= 15 is 0 Å². The van der Waals surface area contributed by atoms with Crippen LogP contribution in [0.1, 0.15) is 52.5 Å². The number of benzene rings is 1. The number of nitrogens with two attached hydrogens (primary N) is 1. The Labute approximate surface area is 242 Å². The van der Waals surface area contributed by atoms with Gasteiger partial charge in [-0.15, -0.1) is 0 Å². The number of hydrogen-bond acceptors (Lipinski definition) is 5. The molecule has 0 saturated carbocycles. The number of carbonyl (C=O) groups is 1. The zero-order valence-corrected chi connectivity index (χ0v) is 25.5. The van der Waals surface area contributed by atoms with E-state index in [1.165, 1.54) is 11.8 Å². The molecule has 0 spiro atoms. The monoisotopic (exact) mass is 601 g/mol. The van der Waals surface area contributed by atoms with Crippen LogP contribution in [0, 0.1) is 5.82 Å². The molecule has 2 saturated heterocycles. The van der Waals surface area contributed by atoms with E-state index in [1.807, 2.05) is 51.1 Å². The number of hydrogen-bond donors (Lipinski definition) is 3. The minimum atomic E-state index is -0.160. The van der Waals surface area contributed by atoms with Crippen LogP contribution >= 0.6 is 15.9 Å². The van der Waals surface area contributed by atoms with Crippen molar-refractivity contribution < 1.29 is 9.18 Å². The molecular formula is C31H45BrFN5O. The third kappa shape index (κ3) is 10.0. The summed E-state index contributed by atoms with van der Waals surface area (Å²) in [5, 5.41) is 6.63. The smallest absolute Gasteiger partial charge is 0.252 e. The first kappa shape index (κ1) is 31.3. The first-order chi connectivity index (χ1) is 18.7. The SMILES string of the molecule is CC(C)=C/C=C(\C)CNC(=O)C(/C=C(/C)C1CCN(C2CCN(Cc3ccc(Br)cc3F)CC2)CCN1)=C/N. The van der Waals surface area contributed by atoms with Gasteiger partial charge >= 0.3 is 0 Å². The van der Waals surface area contributed by atoms with Gasteiger partial charge in [0, 0.05) is 61.0 Å². The summed E-state index contributed by atoms with van der Waals surface area (Å²) in [5.74, 6) is -0.303. The third-order valence-electron chi connectivity index (χ3n) is 7.58. The summed E-state index contributed by atoms with van der Waals surface area (Å²) in [4.78, 5) is 17.7. The highest BCUT2D eigenvalue weighted by molar-refractivity contribution is 9.10. The van der Waals surface area contributed by atoms with E-state index < -0.39 is 0 Å². The predicted octanol–water partition coefficient (Wildman–Crippen LogP) is 5.03. The molecule has 1 amide bonds. The molecule has 0 aliphatic carbocycles. The lowest BCUT2D eigenvalue weighted by molar-refractivity contribution is -0.117. The zero-order chi connectivity index (χ0) is 28.4. The largest absolute Gasteiger partial charge is 0.404 e. The molecule has 0 aromatic heterocycles. The first-order valence-electron chi connectivity index (χ1n) is 14.0. The maximum atomic E-state index is 14.3. The summed E-state index contributed by atoms with van der Waals surface area (Å²) in [6, 6.07) is 6.09. The first-order valence-corrected chi connectivity index (χ1v) is 14.8. The van der Waals surface area contributed by atoms with E-state index in [4.69, 9.17) is 5.73 Å². The van der Waals surface area contributed by atoms with E-state index in [0.717, 1.165) is 73.2 Å². The Kier molecular flexibility index (Phi) is 12.4. The second kappa shape index (κ2) is 15.5. The van der Waals surface area contributed by atoms with Crippen molar-refractivity contribution in [2.75, 3.05) is 39.3 Å². The van der Waals surface area contributed by atoms with Crippen LogP contribution in [0.15, 0.2) is 69.4 Å². The summed E-state index contributed by atoms with van der Waals surface area (Å²) >= 11 is 3.34. The molecule has 2 fully saturated rings. The van der Waals surface area contributed by atoms with Crippen molar-refractivity contribution in [2.24, 2.45) is 5.73 Å². The number of nitrogens with zero attached hydrogens (tertiary/aromatic N) is 2. The van der Waals surface area contributed by atoms with Crippen molar-refractivity contribution in [3.63, 3.8) is 0 Å². The Morgan fingerprint density at radius 2 is 1.87 bits per heavy atom. The molecule has 1 unspecified atom stereocenters. The number of allylic oxidation sites excluding steroid dienone is 3. The van der Waals surface area contributed by atoms with Crippen LogP contribution < -0.4 is 16.4 Å². The van der Waals surface area contributed by atoms with Crippen molar-refractivity contribution in [1.82, 2.24) is 20.4 Å². The van der Waals surface area contributed by atoms with Crippen molar-refractivity contribution in [1.29, 1.82) is 0 Å². The maximum absolute atomic E-state index is 14.3. The lowest BCUT2D eigenvalue weighted by atomic mass is 10.00. The standard InChI is InChI=1S/C31H45BrFN5O/c1-22(2)5-6-23(3)20-36-31(39)26(19-34)17-24(4)30-11-15-38(16-12-35-30)28-9-13-37(14-10-28)21-25-7-8-27(32)18-29(25)33/h5-8,17-19,28,30,35H,9-16,20-21,34H2,1-4H3,(H,36,39)/b23-6+,24-17-,26-19+. The van der Waals surface area contributed by atoms with Gasteiger partial charge in [-0.25, -0.2) is 4.39 Å². The topological polar surface area (TPSA) is 73.6 Å². The fourth-order valence-corrected chi connectivity index (χ4v) is 5.54. The van der Waals surface area contributed by atoms with E-state index in [0.29, 0.717) is 24.7 Å². The second-order valence-corrected chi connectivity index (χ2v) is 11.9. The highest BCUT2D eigenvalue weighted by Crippen LogP contribution is 2.23. The van der Waals surface area contributed by atoms with Crippen molar-refractivity contribution >= 4 is 21.8 Å². The molecule has 6 nitrogen and oxygen atoms in total. The number of piperidine rings is 1. The Morgan fingerprint density at radius 1 is 1.13 bits per heavy atom. The number of halogens is 2. The predicted molar refractivity (Wildman–Crippen MR) is 163 cm³/mol. The van der Waals surface area contributed by atoms with Gasteiger partial charge in [-0.3, -0.25) is 14.6 Å². The van der Waals surface area contributed by atoms with E-state index in [-0.39, 0.29) is 17.8 Å². The lowest BCUT2D eigenvalue weighted by Gasteiger charge is -2.38. The minimum Gasteiger partial charge on any atom is -0.404 e. The van der Waals surface area contributed by atoms with Crippen LogP contribution in [0.5, 0.6) is 0 Å². The summed E-state index contributed by atoms with van der Waals surface area (Å²) < 4.78 is 15.1. The Morgan fingerprint density at radius 3 is 2.54 bits per heavy atom. The molecular weight excluding hydrogens is 557 g/mol. The number of nitrogens with one attached hydrogen (secondary N) is 2. The molecule has 2 heterocycles. The third-order valence-corrected chi connectivity index (χ3v) is 8.07. The lowest BCUT2D eigenvalue weighted by Crippen LogP contribution is -2.45. The van der Waals surface area contributed by atoms with Crippen molar-refractivity contribution in [3.8, 4) is 0 Å².